The molecular weight excluding hydrogens is 418 g/mol. The summed E-state index contributed by atoms with van der Waals surface area (Å²) in [5.41, 5.74) is 1.08. The van der Waals surface area contributed by atoms with Gasteiger partial charge in [-0.2, -0.15) is 4.31 Å². The molecule has 1 N–H and O–H groups in total. The molecule has 1 aromatic carbocycles. The minimum atomic E-state index is -3.60. The second-order valence-electron chi connectivity index (χ2n) is 7.72. The lowest BCUT2D eigenvalue weighted by molar-refractivity contribution is 0.0730. The lowest BCUT2D eigenvalue weighted by Gasteiger charge is -2.26. The fourth-order valence-electron chi connectivity index (χ4n) is 3.54. The minimum absolute atomic E-state index is 0.0672. The zero-order valence-corrected chi connectivity index (χ0v) is 18.2. The zero-order valence-electron chi connectivity index (χ0n) is 17.4. The van der Waals surface area contributed by atoms with Crippen molar-refractivity contribution in [3.63, 3.8) is 0 Å². The van der Waals surface area contributed by atoms with E-state index < -0.39 is 10.0 Å². The molecule has 0 radical (unpaired) electrons. The predicted molar refractivity (Wildman–Crippen MR) is 114 cm³/mol. The summed E-state index contributed by atoms with van der Waals surface area (Å²) in [7, 11) is -3.60. The van der Waals surface area contributed by atoms with E-state index in [9.17, 15) is 13.2 Å². The van der Waals surface area contributed by atoms with Crippen molar-refractivity contribution in [2.45, 2.75) is 24.8 Å². The van der Waals surface area contributed by atoms with Gasteiger partial charge in [0.25, 0.3) is 5.91 Å². The Balaban J connectivity index is 1.53. The smallest absolute Gasteiger partial charge is 0.251 e. The molecule has 4 rings (SSSR count). The van der Waals surface area contributed by atoms with Crippen LogP contribution in [0.3, 0.4) is 0 Å². The van der Waals surface area contributed by atoms with E-state index in [1.165, 1.54) is 28.6 Å². The molecule has 1 aliphatic rings. The fraction of sp³-hybridized carbons (Fsp3) is 0.381. The first-order valence-corrected chi connectivity index (χ1v) is 11.6. The highest BCUT2D eigenvalue weighted by molar-refractivity contribution is 7.89. The second kappa shape index (κ2) is 8.74. The van der Waals surface area contributed by atoms with Gasteiger partial charge in [0.05, 0.1) is 24.2 Å². The van der Waals surface area contributed by atoms with E-state index in [0.717, 1.165) is 0 Å². The van der Waals surface area contributed by atoms with Crippen LogP contribution in [0, 0.1) is 5.92 Å². The third-order valence-electron chi connectivity index (χ3n) is 5.30. The molecule has 0 saturated carbocycles. The molecule has 164 valence electrons. The maximum atomic E-state index is 12.9. The molecule has 1 saturated heterocycles. The molecule has 2 aromatic heterocycles. The Hall–Kier alpha value is -2.82. The van der Waals surface area contributed by atoms with E-state index in [1.807, 2.05) is 42.6 Å². The molecule has 0 bridgehead atoms. The number of sulfonamides is 1. The highest BCUT2D eigenvalue weighted by atomic mass is 32.2. The standard InChI is InChI=1S/C21H25N5O4S/c1-15(2)19(20-24-23-18-5-3-4-10-26(18)20)22-21(27)16-6-8-17(9-7-16)31(28,29)25-11-13-30-14-12-25/h3-10,15,19H,11-14H2,1-2H3,(H,22,27)/t19-/m0/s1. The molecule has 0 aliphatic carbocycles. The molecule has 1 amide bonds. The third-order valence-corrected chi connectivity index (χ3v) is 7.21. The molecule has 3 aromatic rings. The van der Waals surface area contributed by atoms with Crippen LogP contribution >= 0.6 is 0 Å². The number of hydrogen-bond donors (Lipinski definition) is 1. The van der Waals surface area contributed by atoms with E-state index in [-0.39, 0.29) is 22.8 Å². The summed E-state index contributed by atoms with van der Waals surface area (Å²) in [5.74, 6) is 0.407. The second-order valence-corrected chi connectivity index (χ2v) is 9.66. The summed E-state index contributed by atoms with van der Waals surface area (Å²) < 4.78 is 34.0. The number of morpholine rings is 1. The van der Waals surface area contributed by atoms with Crippen molar-refractivity contribution in [2.24, 2.45) is 5.92 Å². The Morgan fingerprint density at radius 2 is 1.77 bits per heavy atom. The number of carbonyl (C=O) groups excluding carboxylic acids is 1. The summed E-state index contributed by atoms with van der Waals surface area (Å²) in [4.78, 5) is 13.1. The van der Waals surface area contributed by atoms with Gasteiger partial charge in [-0.25, -0.2) is 8.42 Å². The average Bonchev–Trinajstić information content (AvgIpc) is 3.21. The van der Waals surface area contributed by atoms with E-state index >= 15 is 0 Å². The van der Waals surface area contributed by atoms with Gasteiger partial charge in [-0.3, -0.25) is 9.20 Å². The van der Waals surface area contributed by atoms with Crippen molar-refractivity contribution in [1.82, 2.24) is 24.2 Å². The predicted octanol–water partition coefficient (Wildman–Crippen LogP) is 1.88. The number of carbonyl (C=O) groups is 1. The number of hydrogen-bond acceptors (Lipinski definition) is 6. The maximum absolute atomic E-state index is 12.9. The minimum Gasteiger partial charge on any atom is -0.379 e. The van der Waals surface area contributed by atoms with Crippen molar-refractivity contribution < 1.29 is 17.9 Å². The van der Waals surface area contributed by atoms with Gasteiger partial charge in [-0.1, -0.05) is 19.9 Å². The number of rotatable bonds is 6. The Labute approximate surface area is 181 Å². The molecule has 1 fully saturated rings. The molecule has 0 spiro atoms. The molecule has 10 heteroatoms. The zero-order chi connectivity index (χ0) is 22.0. The highest BCUT2D eigenvalue weighted by Crippen LogP contribution is 2.22. The summed E-state index contributed by atoms with van der Waals surface area (Å²) in [6.45, 7) is 5.40. The van der Waals surface area contributed by atoms with Crippen LogP contribution in [0.1, 0.15) is 36.1 Å². The van der Waals surface area contributed by atoms with Gasteiger partial charge < -0.3 is 10.1 Å². The van der Waals surface area contributed by atoms with Gasteiger partial charge in [0.2, 0.25) is 10.0 Å². The number of amides is 1. The lowest BCUT2D eigenvalue weighted by Crippen LogP contribution is -2.40. The summed E-state index contributed by atoms with van der Waals surface area (Å²) in [6, 6.07) is 11.2. The number of nitrogens with zero attached hydrogens (tertiary/aromatic N) is 4. The van der Waals surface area contributed by atoms with E-state index in [0.29, 0.717) is 43.3 Å². The van der Waals surface area contributed by atoms with Crippen molar-refractivity contribution in [3.05, 3.63) is 60.0 Å². The van der Waals surface area contributed by atoms with Crippen LogP contribution in [0.4, 0.5) is 0 Å². The molecule has 3 heterocycles. The van der Waals surface area contributed by atoms with E-state index in [1.54, 1.807) is 0 Å². The fourth-order valence-corrected chi connectivity index (χ4v) is 4.95. The van der Waals surface area contributed by atoms with Gasteiger partial charge in [-0.05, 0) is 42.3 Å². The number of fused-ring (bicyclic) bond motifs is 1. The van der Waals surface area contributed by atoms with Gasteiger partial charge in [-0.15, -0.1) is 10.2 Å². The molecule has 31 heavy (non-hydrogen) atoms. The molecule has 1 atom stereocenters. The Morgan fingerprint density at radius 1 is 1.06 bits per heavy atom. The van der Waals surface area contributed by atoms with E-state index in [2.05, 4.69) is 15.5 Å². The summed E-state index contributed by atoms with van der Waals surface area (Å²) >= 11 is 0. The van der Waals surface area contributed by atoms with Crippen LogP contribution in [-0.2, 0) is 14.8 Å². The van der Waals surface area contributed by atoms with Crippen LogP contribution in [0.25, 0.3) is 5.65 Å². The highest BCUT2D eigenvalue weighted by Gasteiger charge is 2.27. The van der Waals surface area contributed by atoms with Crippen molar-refractivity contribution in [3.8, 4) is 0 Å². The topological polar surface area (TPSA) is 106 Å². The van der Waals surface area contributed by atoms with Crippen LogP contribution in [0.2, 0.25) is 0 Å². The van der Waals surface area contributed by atoms with Gasteiger partial charge in [0.1, 0.15) is 0 Å². The van der Waals surface area contributed by atoms with Crippen LogP contribution in [-0.4, -0.2) is 59.5 Å². The molecular formula is C21H25N5O4S. The Bertz CT molecular complexity index is 1170. The number of aromatic nitrogens is 3. The lowest BCUT2D eigenvalue weighted by atomic mass is 10.0. The quantitative estimate of drug-likeness (QED) is 0.624. The first kappa shape index (κ1) is 21.4. The van der Waals surface area contributed by atoms with Crippen molar-refractivity contribution >= 4 is 21.6 Å². The monoisotopic (exact) mass is 443 g/mol. The first-order chi connectivity index (χ1) is 14.9. The maximum Gasteiger partial charge on any atom is 0.251 e. The average molecular weight is 444 g/mol. The van der Waals surface area contributed by atoms with E-state index in [4.69, 9.17) is 4.74 Å². The van der Waals surface area contributed by atoms with Crippen LogP contribution in [0.5, 0.6) is 0 Å². The third kappa shape index (κ3) is 4.32. The molecule has 9 nitrogen and oxygen atoms in total. The number of ether oxygens (including phenoxy) is 1. The van der Waals surface area contributed by atoms with Gasteiger partial charge >= 0.3 is 0 Å². The summed E-state index contributed by atoms with van der Waals surface area (Å²) in [6.07, 6.45) is 1.86. The van der Waals surface area contributed by atoms with Gasteiger partial charge in [0.15, 0.2) is 11.5 Å². The summed E-state index contributed by atoms with van der Waals surface area (Å²) in [5, 5.41) is 11.4. The molecule has 1 aliphatic heterocycles. The molecule has 0 unspecified atom stereocenters. The first-order valence-electron chi connectivity index (χ1n) is 10.2. The number of nitrogens with one attached hydrogen (secondary N) is 1. The number of benzene rings is 1. The Kier molecular flexibility index (Phi) is 6.03. The number of pyridine rings is 1. The van der Waals surface area contributed by atoms with Crippen molar-refractivity contribution in [1.29, 1.82) is 0 Å². The Morgan fingerprint density at radius 3 is 2.45 bits per heavy atom. The van der Waals surface area contributed by atoms with Crippen LogP contribution in [0.15, 0.2) is 53.6 Å². The van der Waals surface area contributed by atoms with Gasteiger partial charge in [0, 0.05) is 24.8 Å². The van der Waals surface area contributed by atoms with Crippen LogP contribution < -0.4 is 5.32 Å². The largest absolute Gasteiger partial charge is 0.379 e. The normalized spacial score (nSPS) is 16.5. The van der Waals surface area contributed by atoms with Crippen molar-refractivity contribution in [2.75, 3.05) is 26.3 Å². The SMILES string of the molecule is CC(C)[C@H](NC(=O)c1ccc(S(=O)(=O)N2CCOCC2)cc1)c1nnc2ccccn12.